The van der Waals surface area contributed by atoms with Crippen molar-refractivity contribution >= 4 is 23.9 Å². The number of nitrogens with zero attached hydrogens (tertiary/aromatic N) is 2. The van der Waals surface area contributed by atoms with Crippen molar-refractivity contribution in [3.05, 3.63) is 33.1 Å². The van der Waals surface area contributed by atoms with Crippen LogP contribution < -0.4 is 4.84 Å². The first-order valence-corrected chi connectivity index (χ1v) is 8.46. The molecule has 0 N–H and O–H groups in total. The molecule has 0 spiro atoms. The van der Waals surface area contributed by atoms with Crippen LogP contribution in [0.2, 0.25) is 0 Å². The maximum Gasteiger partial charge on any atom is 0.339 e. The van der Waals surface area contributed by atoms with Gasteiger partial charge >= 0.3 is 5.97 Å². The van der Waals surface area contributed by atoms with Gasteiger partial charge in [0.05, 0.1) is 22.6 Å². The lowest BCUT2D eigenvalue weighted by molar-refractivity contribution is -0.385. The summed E-state index contributed by atoms with van der Waals surface area (Å²) in [6.07, 6.45) is 7.86. The van der Waals surface area contributed by atoms with Gasteiger partial charge in [-0.05, 0) is 56.3 Å². The molecule has 7 heteroatoms. The summed E-state index contributed by atoms with van der Waals surface area (Å²) in [7, 11) is 0. The number of nitro groups is 1. The van der Waals surface area contributed by atoms with Gasteiger partial charge in [0.15, 0.2) is 0 Å². The largest absolute Gasteiger partial charge is 0.339 e. The lowest BCUT2D eigenvalue weighted by Crippen LogP contribution is -2.52. The van der Waals surface area contributed by atoms with Crippen molar-refractivity contribution in [3.8, 4) is 0 Å². The maximum atomic E-state index is 12.8. The molecular formula is C16H18N2O4S. The molecule has 6 nitrogen and oxygen atoms in total. The third kappa shape index (κ3) is 2.47. The van der Waals surface area contributed by atoms with Crippen LogP contribution in [0.5, 0.6) is 0 Å². The molecule has 0 radical (unpaired) electrons. The van der Waals surface area contributed by atoms with Crippen molar-refractivity contribution in [1.82, 2.24) is 4.73 Å². The van der Waals surface area contributed by atoms with Gasteiger partial charge in [0.25, 0.3) is 5.69 Å². The van der Waals surface area contributed by atoms with Gasteiger partial charge in [-0.25, -0.2) is 4.79 Å². The Balaban J connectivity index is 1.56. The second-order valence-electron chi connectivity index (χ2n) is 7.38. The minimum atomic E-state index is -0.513. The van der Waals surface area contributed by atoms with E-state index in [1.165, 1.54) is 42.3 Å². The predicted molar refractivity (Wildman–Crippen MR) is 84.1 cm³/mol. The van der Waals surface area contributed by atoms with Gasteiger partial charge < -0.3 is 4.84 Å². The van der Waals surface area contributed by atoms with Crippen molar-refractivity contribution in [2.75, 3.05) is 0 Å². The number of hydrogen-bond acceptors (Lipinski definition) is 5. The Hall–Kier alpha value is -1.76. The molecule has 1 aromatic rings. The van der Waals surface area contributed by atoms with Gasteiger partial charge in [-0.1, -0.05) is 12.2 Å². The second kappa shape index (κ2) is 5.12. The van der Waals surface area contributed by atoms with Crippen molar-refractivity contribution in [1.29, 1.82) is 0 Å². The third-order valence-electron chi connectivity index (χ3n) is 5.73. The zero-order valence-corrected chi connectivity index (χ0v) is 13.5. The summed E-state index contributed by atoms with van der Waals surface area (Å²) < 4.78 is 1.32. The molecule has 0 aliphatic heterocycles. The lowest BCUT2D eigenvalue weighted by Gasteiger charge is -2.54. The van der Waals surface area contributed by atoms with Crippen molar-refractivity contribution in [2.45, 2.75) is 38.5 Å². The zero-order valence-electron chi connectivity index (χ0n) is 12.6. The lowest BCUT2D eigenvalue weighted by atomic mass is 9.49. The molecule has 1 aromatic heterocycles. The summed E-state index contributed by atoms with van der Waals surface area (Å²) in [6.45, 7) is 0. The molecule has 0 saturated heterocycles. The molecule has 1 heterocycles. The van der Waals surface area contributed by atoms with Gasteiger partial charge in [-0.2, -0.15) is 4.73 Å². The standard InChI is InChI=1S/C16H18N2O4S/c19-15(22-17-2-1-13(18(20)21)6-14(17)23)16-7-10-3-11(8-16)5-12(4-10)9-16/h1-2,6,10-12H,3-5,7-9H2. The fourth-order valence-electron chi connectivity index (χ4n) is 5.19. The Morgan fingerprint density at radius 2 is 1.83 bits per heavy atom. The first-order valence-electron chi connectivity index (χ1n) is 8.05. The van der Waals surface area contributed by atoms with Crippen LogP contribution >= 0.6 is 12.2 Å². The Labute approximate surface area is 138 Å². The molecule has 5 rings (SSSR count). The van der Waals surface area contributed by atoms with Gasteiger partial charge in [0, 0.05) is 6.07 Å². The maximum absolute atomic E-state index is 12.8. The highest BCUT2D eigenvalue weighted by atomic mass is 32.1. The number of carbonyl (C=O) groups is 1. The van der Waals surface area contributed by atoms with E-state index in [4.69, 9.17) is 17.1 Å². The van der Waals surface area contributed by atoms with E-state index in [0.29, 0.717) is 17.8 Å². The zero-order chi connectivity index (χ0) is 16.2. The first-order chi connectivity index (χ1) is 10.9. The average Bonchev–Trinajstić information content (AvgIpc) is 2.47. The monoisotopic (exact) mass is 334 g/mol. The summed E-state index contributed by atoms with van der Waals surface area (Å²) in [4.78, 5) is 28.6. The molecule has 0 unspecified atom stereocenters. The summed E-state index contributed by atoms with van der Waals surface area (Å²) in [5.74, 6) is 1.73. The highest BCUT2D eigenvalue weighted by Gasteiger charge is 2.55. The number of rotatable bonds is 3. The minimum Gasteiger partial charge on any atom is -0.335 e. The van der Waals surface area contributed by atoms with Crippen LogP contribution in [-0.4, -0.2) is 15.6 Å². The molecular weight excluding hydrogens is 316 g/mol. The van der Waals surface area contributed by atoms with E-state index in [1.54, 1.807) is 0 Å². The van der Waals surface area contributed by atoms with Gasteiger partial charge in [-0.3, -0.25) is 10.1 Å². The van der Waals surface area contributed by atoms with E-state index in [-0.39, 0.29) is 21.7 Å². The number of aromatic nitrogens is 1. The van der Waals surface area contributed by atoms with Crippen LogP contribution in [0.15, 0.2) is 18.3 Å². The molecule has 122 valence electrons. The van der Waals surface area contributed by atoms with Gasteiger partial charge in [0.1, 0.15) is 4.64 Å². The molecule has 4 aliphatic carbocycles. The van der Waals surface area contributed by atoms with Crippen molar-refractivity contribution < 1.29 is 14.6 Å². The Bertz CT molecular complexity index is 707. The summed E-state index contributed by atoms with van der Waals surface area (Å²) in [5, 5.41) is 10.8. The van der Waals surface area contributed by atoms with Crippen LogP contribution in [0.1, 0.15) is 38.5 Å². The van der Waals surface area contributed by atoms with Crippen LogP contribution in [-0.2, 0) is 4.79 Å². The van der Waals surface area contributed by atoms with Crippen LogP contribution in [0, 0.1) is 37.9 Å². The van der Waals surface area contributed by atoms with Crippen LogP contribution in [0.3, 0.4) is 0 Å². The van der Waals surface area contributed by atoms with Crippen molar-refractivity contribution in [2.24, 2.45) is 23.2 Å². The quantitative estimate of drug-likeness (QED) is 0.482. The van der Waals surface area contributed by atoms with E-state index in [0.717, 1.165) is 19.3 Å². The molecule has 4 fully saturated rings. The Morgan fingerprint density at radius 3 is 2.30 bits per heavy atom. The first kappa shape index (κ1) is 14.8. The van der Waals surface area contributed by atoms with E-state index in [9.17, 15) is 14.9 Å². The van der Waals surface area contributed by atoms with Gasteiger partial charge in [-0.15, -0.1) is 0 Å². The fourth-order valence-corrected chi connectivity index (χ4v) is 5.41. The number of hydrogen-bond donors (Lipinski definition) is 0. The Kier molecular flexibility index (Phi) is 3.30. The molecule has 0 aromatic carbocycles. The smallest absolute Gasteiger partial charge is 0.335 e. The molecule has 23 heavy (non-hydrogen) atoms. The highest BCUT2D eigenvalue weighted by Crippen LogP contribution is 2.60. The van der Waals surface area contributed by atoms with E-state index < -0.39 is 4.92 Å². The molecule has 0 atom stereocenters. The highest BCUT2D eigenvalue weighted by molar-refractivity contribution is 7.71. The minimum absolute atomic E-state index is 0.0999. The van der Waals surface area contributed by atoms with E-state index >= 15 is 0 Å². The summed E-state index contributed by atoms with van der Waals surface area (Å²) >= 11 is 5.10. The number of carbonyl (C=O) groups excluding carboxylic acids is 1. The third-order valence-corrected chi connectivity index (χ3v) is 6.03. The van der Waals surface area contributed by atoms with Crippen LogP contribution in [0.4, 0.5) is 5.69 Å². The predicted octanol–water partition coefficient (Wildman–Crippen LogP) is 3.30. The fraction of sp³-hybridized carbons (Fsp3) is 0.625. The van der Waals surface area contributed by atoms with E-state index in [1.807, 2.05) is 0 Å². The average molecular weight is 334 g/mol. The molecule has 4 bridgehead atoms. The normalized spacial score (nSPS) is 34.3. The molecule has 0 amide bonds. The SMILES string of the molecule is O=C(On1ccc([N+](=O)[O-])cc1=S)C12CC3CC(CC(C3)C1)C2. The van der Waals surface area contributed by atoms with Gasteiger partial charge in [0.2, 0.25) is 0 Å². The number of pyridine rings is 1. The van der Waals surface area contributed by atoms with Crippen molar-refractivity contribution in [3.63, 3.8) is 0 Å². The van der Waals surface area contributed by atoms with E-state index in [2.05, 4.69) is 0 Å². The molecule has 4 saturated carbocycles. The molecule has 4 aliphatic rings. The topological polar surface area (TPSA) is 74.4 Å². The second-order valence-corrected chi connectivity index (χ2v) is 7.80. The summed E-state index contributed by atoms with van der Waals surface area (Å²) in [5.41, 5.74) is -0.470. The van der Waals surface area contributed by atoms with Crippen LogP contribution in [0.25, 0.3) is 0 Å². The summed E-state index contributed by atoms with van der Waals surface area (Å²) in [6, 6.07) is 2.53. The Morgan fingerprint density at radius 1 is 1.26 bits per heavy atom.